The molecule has 0 radical (unpaired) electrons. The van der Waals surface area contributed by atoms with Crippen LogP contribution in [-0.2, 0) is 0 Å². The molecule has 0 aliphatic rings. The van der Waals surface area contributed by atoms with Gasteiger partial charge in [0.2, 0.25) is 5.95 Å². The van der Waals surface area contributed by atoms with Crippen LogP contribution in [0.4, 0.5) is 4.39 Å². The minimum absolute atomic E-state index is 0.376. The summed E-state index contributed by atoms with van der Waals surface area (Å²) in [6.07, 6.45) is 0. The Morgan fingerprint density at radius 3 is 2.53 bits per heavy atom. The smallest absolute Gasteiger partial charge is 0.219 e. The van der Waals surface area contributed by atoms with Crippen molar-refractivity contribution in [1.29, 1.82) is 0 Å². The fraction of sp³-hybridized carbons (Fsp3) is 0. The van der Waals surface area contributed by atoms with E-state index in [-0.39, 0.29) is 0 Å². The van der Waals surface area contributed by atoms with Crippen molar-refractivity contribution < 1.29 is 4.39 Å². The van der Waals surface area contributed by atoms with Crippen LogP contribution in [0.2, 0.25) is 0 Å². The normalized spacial score (nSPS) is 10.3. The second-order valence-corrected chi connectivity index (χ2v) is 4.75. The van der Waals surface area contributed by atoms with Crippen LogP contribution in [0.5, 0.6) is 0 Å². The molecule has 1 aromatic carbocycles. The van der Waals surface area contributed by atoms with Crippen LogP contribution in [0, 0.1) is 5.95 Å². The van der Waals surface area contributed by atoms with Gasteiger partial charge in [0.05, 0.1) is 10.2 Å². The highest BCUT2D eigenvalue weighted by molar-refractivity contribution is 9.10. The molecule has 0 atom stereocenters. The van der Waals surface area contributed by atoms with Crippen LogP contribution in [0.1, 0.15) is 0 Å². The second-order valence-electron chi connectivity index (χ2n) is 2.98. The maximum Gasteiger partial charge on any atom is 0.227 e. The molecule has 0 saturated heterocycles. The van der Waals surface area contributed by atoms with Gasteiger partial charge in [-0.25, -0.2) is 4.98 Å². The molecule has 0 amide bonds. The summed E-state index contributed by atoms with van der Waals surface area (Å²) in [5.74, 6) is -0.493. The summed E-state index contributed by atoms with van der Waals surface area (Å²) in [7, 11) is 0. The fourth-order valence-electron chi connectivity index (χ4n) is 1.23. The predicted molar refractivity (Wildman–Crippen MR) is 65.0 cm³/mol. The van der Waals surface area contributed by atoms with Crippen LogP contribution in [0.25, 0.3) is 11.3 Å². The van der Waals surface area contributed by atoms with E-state index in [1.807, 2.05) is 24.3 Å². The maximum absolute atomic E-state index is 13.2. The van der Waals surface area contributed by atoms with Gasteiger partial charge in [-0.1, -0.05) is 28.1 Å². The van der Waals surface area contributed by atoms with Crippen LogP contribution in [0.3, 0.4) is 0 Å². The number of hydrogen-bond acceptors (Lipinski definition) is 1. The van der Waals surface area contributed by atoms with Crippen molar-refractivity contribution in [2.24, 2.45) is 0 Å². The SMILES string of the molecule is Fc1nc(-c2cccc(Br)c2)ccc1Br. The minimum Gasteiger partial charge on any atom is -0.219 e. The Balaban J connectivity index is 2.50. The summed E-state index contributed by atoms with van der Waals surface area (Å²) >= 11 is 6.43. The number of halogens is 3. The Bertz CT molecular complexity index is 500. The molecule has 0 aliphatic heterocycles. The molecular weight excluding hydrogens is 325 g/mol. The summed E-state index contributed by atoms with van der Waals surface area (Å²) in [4.78, 5) is 3.85. The van der Waals surface area contributed by atoms with Gasteiger partial charge < -0.3 is 0 Å². The van der Waals surface area contributed by atoms with E-state index in [9.17, 15) is 4.39 Å². The molecule has 2 aromatic rings. The first-order valence-electron chi connectivity index (χ1n) is 4.25. The van der Waals surface area contributed by atoms with Crippen molar-refractivity contribution in [3.05, 3.63) is 51.3 Å². The minimum atomic E-state index is -0.493. The predicted octanol–water partition coefficient (Wildman–Crippen LogP) is 4.41. The highest BCUT2D eigenvalue weighted by Crippen LogP contribution is 2.23. The van der Waals surface area contributed by atoms with Gasteiger partial charge in [-0.2, -0.15) is 4.39 Å². The number of hydrogen-bond donors (Lipinski definition) is 0. The van der Waals surface area contributed by atoms with Crippen LogP contribution in [-0.4, -0.2) is 4.98 Å². The van der Waals surface area contributed by atoms with Gasteiger partial charge in [0.25, 0.3) is 0 Å². The topological polar surface area (TPSA) is 12.9 Å². The molecule has 0 saturated carbocycles. The molecule has 1 heterocycles. The molecule has 0 bridgehead atoms. The Labute approximate surface area is 104 Å². The zero-order valence-electron chi connectivity index (χ0n) is 7.55. The summed E-state index contributed by atoms with van der Waals surface area (Å²) in [6, 6.07) is 11.0. The first-order valence-corrected chi connectivity index (χ1v) is 5.83. The first-order chi connectivity index (χ1) is 7.16. The molecule has 0 N–H and O–H groups in total. The van der Waals surface area contributed by atoms with E-state index >= 15 is 0 Å². The summed E-state index contributed by atoms with van der Waals surface area (Å²) in [5.41, 5.74) is 1.51. The monoisotopic (exact) mass is 329 g/mol. The summed E-state index contributed by atoms with van der Waals surface area (Å²) < 4.78 is 14.5. The van der Waals surface area contributed by atoms with Gasteiger partial charge in [-0.3, -0.25) is 0 Å². The quantitative estimate of drug-likeness (QED) is 0.706. The van der Waals surface area contributed by atoms with E-state index in [1.165, 1.54) is 0 Å². The number of aromatic nitrogens is 1. The van der Waals surface area contributed by atoms with Gasteiger partial charge in [-0.05, 0) is 40.2 Å². The number of rotatable bonds is 1. The highest BCUT2D eigenvalue weighted by Gasteiger charge is 2.04. The summed E-state index contributed by atoms with van der Waals surface area (Å²) in [5, 5.41) is 0. The lowest BCUT2D eigenvalue weighted by Gasteiger charge is -2.02. The average molecular weight is 331 g/mol. The van der Waals surface area contributed by atoms with E-state index < -0.39 is 5.95 Å². The van der Waals surface area contributed by atoms with Crippen LogP contribution < -0.4 is 0 Å². The van der Waals surface area contributed by atoms with Gasteiger partial charge >= 0.3 is 0 Å². The zero-order valence-corrected chi connectivity index (χ0v) is 10.7. The molecule has 0 unspecified atom stereocenters. The van der Waals surface area contributed by atoms with Gasteiger partial charge in [0.15, 0.2) is 0 Å². The third kappa shape index (κ3) is 2.44. The lowest BCUT2D eigenvalue weighted by atomic mass is 10.1. The van der Waals surface area contributed by atoms with E-state index in [1.54, 1.807) is 12.1 Å². The third-order valence-corrected chi connectivity index (χ3v) is 3.01. The van der Waals surface area contributed by atoms with Crippen LogP contribution >= 0.6 is 31.9 Å². The highest BCUT2D eigenvalue weighted by atomic mass is 79.9. The van der Waals surface area contributed by atoms with Crippen LogP contribution in [0.15, 0.2) is 45.3 Å². The van der Waals surface area contributed by atoms with E-state index in [0.717, 1.165) is 10.0 Å². The molecule has 2 rings (SSSR count). The van der Waals surface area contributed by atoms with E-state index in [0.29, 0.717) is 10.2 Å². The molecule has 0 spiro atoms. The van der Waals surface area contributed by atoms with Crippen molar-refractivity contribution in [3.63, 3.8) is 0 Å². The van der Waals surface area contributed by atoms with E-state index in [4.69, 9.17) is 0 Å². The Kier molecular flexibility index (Phi) is 3.17. The third-order valence-electron chi connectivity index (χ3n) is 1.92. The zero-order chi connectivity index (χ0) is 10.8. The van der Waals surface area contributed by atoms with Crippen molar-refractivity contribution in [1.82, 2.24) is 4.98 Å². The molecule has 1 nitrogen and oxygen atoms in total. The molecular formula is C11H6Br2FN. The standard InChI is InChI=1S/C11H6Br2FN/c12-8-3-1-2-7(6-8)10-5-4-9(13)11(14)15-10/h1-6H. The Morgan fingerprint density at radius 2 is 1.87 bits per heavy atom. The van der Waals surface area contributed by atoms with Gasteiger partial charge in [-0.15, -0.1) is 0 Å². The lowest BCUT2D eigenvalue weighted by Crippen LogP contribution is -1.88. The molecule has 0 aliphatic carbocycles. The second kappa shape index (κ2) is 4.41. The van der Waals surface area contributed by atoms with Gasteiger partial charge in [0, 0.05) is 10.0 Å². The summed E-state index contributed by atoms with van der Waals surface area (Å²) in [6.45, 7) is 0. The maximum atomic E-state index is 13.2. The fourth-order valence-corrected chi connectivity index (χ4v) is 1.85. The van der Waals surface area contributed by atoms with Crippen molar-refractivity contribution >= 4 is 31.9 Å². The Hall–Kier alpha value is -0.740. The van der Waals surface area contributed by atoms with E-state index in [2.05, 4.69) is 36.8 Å². The Morgan fingerprint density at radius 1 is 1.07 bits per heavy atom. The van der Waals surface area contributed by atoms with Crippen molar-refractivity contribution in [2.75, 3.05) is 0 Å². The molecule has 0 fully saturated rings. The molecule has 1 aromatic heterocycles. The lowest BCUT2D eigenvalue weighted by molar-refractivity contribution is 0.578. The molecule has 15 heavy (non-hydrogen) atoms. The number of benzene rings is 1. The number of nitrogens with zero attached hydrogens (tertiary/aromatic N) is 1. The average Bonchev–Trinajstić information content (AvgIpc) is 2.22. The molecule has 4 heteroatoms. The number of pyridine rings is 1. The van der Waals surface area contributed by atoms with Crippen molar-refractivity contribution in [3.8, 4) is 11.3 Å². The first kappa shape index (κ1) is 10.8. The largest absolute Gasteiger partial charge is 0.227 e. The van der Waals surface area contributed by atoms with Gasteiger partial charge in [0.1, 0.15) is 0 Å². The molecule has 76 valence electrons. The van der Waals surface area contributed by atoms with Crippen molar-refractivity contribution in [2.45, 2.75) is 0 Å².